The molecule has 6 heteroatoms. The van der Waals surface area contributed by atoms with Gasteiger partial charge in [0.05, 0.1) is 14.2 Å². The molecule has 0 bridgehead atoms. The first kappa shape index (κ1) is 16.6. The summed E-state index contributed by atoms with van der Waals surface area (Å²) in [7, 11) is 2.97. The molecule has 0 saturated heterocycles. The molecule has 0 aliphatic carbocycles. The van der Waals surface area contributed by atoms with Crippen LogP contribution in [-0.2, 0) is 0 Å². The number of carbonyl (C=O) groups excluding carboxylic acids is 2. The van der Waals surface area contributed by atoms with Gasteiger partial charge in [-0.3, -0.25) is 9.59 Å². The highest BCUT2D eigenvalue weighted by atomic mass is 16.5. The van der Waals surface area contributed by atoms with E-state index >= 15 is 0 Å². The molecule has 0 amide bonds. The number of ketones is 2. The third kappa shape index (κ3) is 4.12. The predicted octanol–water partition coefficient (Wildman–Crippen LogP) is 2.59. The Hall–Kier alpha value is -2.76. The number of hydrogen-bond donors (Lipinski definition) is 0. The number of ether oxygens (including phenoxy) is 2. The second kappa shape index (κ2) is 7.49. The molecule has 0 aromatic carbocycles. The van der Waals surface area contributed by atoms with E-state index in [9.17, 15) is 9.59 Å². The Bertz CT molecular complexity index is 715. The molecule has 2 aromatic rings. The van der Waals surface area contributed by atoms with Crippen LogP contribution in [-0.4, -0.2) is 35.8 Å². The quantitative estimate of drug-likeness (QED) is 0.731. The van der Waals surface area contributed by atoms with Crippen molar-refractivity contribution >= 4 is 11.6 Å². The molecule has 23 heavy (non-hydrogen) atoms. The summed E-state index contributed by atoms with van der Waals surface area (Å²) in [6.07, 6.45) is 0.0535. The van der Waals surface area contributed by atoms with Crippen LogP contribution in [0.5, 0.6) is 11.8 Å². The Labute approximate surface area is 134 Å². The van der Waals surface area contributed by atoms with Crippen molar-refractivity contribution < 1.29 is 19.1 Å². The zero-order valence-corrected chi connectivity index (χ0v) is 13.3. The minimum Gasteiger partial charge on any atom is -0.481 e. The van der Waals surface area contributed by atoms with Crippen molar-refractivity contribution in [1.29, 1.82) is 0 Å². The fourth-order valence-electron chi connectivity index (χ4n) is 2.08. The second-order valence-corrected chi connectivity index (χ2v) is 5.02. The molecule has 0 N–H and O–H groups in total. The van der Waals surface area contributed by atoms with Crippen LogP contribution in [0.25, 0.3) is 0 Å². The Morgan fingerprint density at radius 3 is 2.04 bits per heavy atom. The second-order valence-electron chi connectivity index (χ2n) is 5.02. The average molecular weight is 314 g/mol. The van der Waals surface area contributed by atoms with E-state index in [4.69, 9.17) is 9.47 Å². The van der Waals surface area contributed by atoms with Gasteiger partial charge in [-0.25, -0.2) is 9.97 Å². The number of pyridine rings is 2. The van der Waals surface area contributed by atoms with E-state index in [1.165, 1.54) is 14.2 Å². The van der Waals surface area contributed by atoms with Crippen molar-refractivity contribution in [2.75, 3.05) is 14.2 Å². The standard InChI is InChI=1S/C17H18N2O4/c1-11(17(21)13-7-5-9-16(19-13)23-3)10-14(20)12-6-4-8-15(18-12)22-2/h4-9,11H,10H2,1-3H3. The Morgan fingerprint density at radius 2 is 1.48 bits per heavy atom. The van der Waals surface area contributed by atoms with Crippen LogP contribution in [0.3, 0.4) is 0 Å². The van der Waals surface area contributed by atoms with Crippen molar-refractivity contribution in [3.63, 3.8) is 0 Å². The highest BCUT2D eigenvalue weighted by Gasteiger charge is 2.21. The molecule has 0 aliphatic rings. The number of carbonyl (C=O) groups is 2. The van der Waals surface area contributed by atoms with Gasteiger partial charge in [-0.1, -0.05) is 19.1 Å². The fraction of sp³-hybridized carbons (Fsp3) is 0.294. The van der Waals surface area contributed by atoms with E-state index in [-0.39, 0.29) is 29.4 Å². The minimum absolute atomic E-state index is 0.0535. The Kier molecular flexibility index (Phi) is 5.41. The molecule has 120 valence electrons. The van der Waals surface area contributed by atoms with E-state index in [1.807, 2.05) is 0 Å². The number of hydrogen-bond acceptors (Lipinski definition) is 6. The maximum absolute atomic E-state index is 12.4. The van der Waals surface area contributed by atoms with Crippen molar-refractivity contribution in [3.05, 3.63) is 47.8 Å². The van der Waals surface area contributed by atoms with Crippen molar-refractivity contribution in [2.24, 2.45) is 5.92 Å². The lowest BCUT2D eigenvalue weighted by Gasteiger charge is -2.10. The molecule has 0 saturated carbocycles. The molecule has 6 nitrogen and oxygen atoms in total. The lowest BCUT2D eigenvalue weighted by molar-refractivity contribution is 0.0857. The lowest BCUT2D eigenvalue weighted by Crippen LogP contribution is -2.18. The molecule has 0 spiro atoms. The molecule has 2 aromatic heterocycles. The van der Waals surface area contributed by atoms with Gasteiger partial charge in [-0.05, 0) is 12.1 Å². The first-order valence-electron chi connectivity index (χ1n) is 7.14. The number of methoxy groups -OCH3 is 2. The molecular weight excluding hydrogens is 296 g/mol. The van der Waals surface area contributed by atoms with Gasteiger partial charge in [0.25, 0.3) is 0 Å². The Morgan fingerprint density at radius 1 is 0.957 bits per heavy atom. The normalized spacial score (nSPS) is 11.6. The van der Waals surface area contributed by atoms with E-state index in [1.54, 1.807) is 43.3 Å². The summed E-state index contributed by atoms with van der Waals surface area (Å²) in [5.74, 6) is -0.198. The summed E-state index contributed by atoms with van der Waals surface area (Å²) in [6, 6.07) is 9.91. The first-order valence-corrected chi connectivity index (χ1v) is 7.14. The smallest absolute Gasteiger partial charge is 0.213 e. The van der Waals surface area contributed by atoms with Crippen molar-refractivity contribution in [1.82, 2.24) is 9.97 Å². The first-order chi connectivity index (χ1) is 11.0. The van der Waals surface area contributed by atoms with Gasteiger partial charge in [-0.2, -0.15) is 0 Å². The highest BCUT2D eigenvalue weighted by Crippen LogP contribution is 2.17. The van der Waals surface area contributed by atoms with Gasteiger partial charge in [0.15, 0.2) is 11.6 Å². The van der Waals surface area contributed by atoms with Crippen LogP contribution in [0.4, 0.5) is 0 Å². The van der Waals surface area contributed by atoms with Gasteiger partial charge >= 0.3 is 0 Å². The third-order valence-electron chi connectivity index (χ3n) is 3.34. The summed E-state index contributed by atoms with van der Waals surface area (Å²) in [6.45, 7) is 1.70. The van der Waals surface area contributed by atoms with Crippen LogP contribution in [0.15, 0.2) is 36.4 Å². The zero-order chi connectivity index (χ0) is 16.8. The lowest BCUT2D eigenvalue weighted by atomic mass is 9.96. The van der Waals surface area contributed by atoms with Crippen LogP contribution < -0.4 is 9.47 Å². The van der Waals surface area contributed by atoms with E-state index in [0.717, 1.165) is 0 Å². The SMILES string of the molecule is COc1cccc(C(=O)CC(C)C(=O)c2cccc(OC)n2)n1. The molecule has 2 rings (SSSR count). The molecular formula is C17H18N2O4. The number of nitrogens with zero attached hydrogens (tertiary/aromatic N) is 2. The van der Waals surface area contributed by atoms with Crippen molar-refractivity contribution in [3.8, 4) is 11.8 Å². The van der Waals surface area contributed by atoms with Crippen LogP contribution >= 0.6 is 0 Å². The van der Waals surface area contributed by atoms with Crippen LogP contribution in [0.1, 0.15) is 34.3 Å². The van der Waals surface area contributed by atoms with E-state index < -0.39 is 5.92 Å². The number of aromatic nitrogens is 2. The van der Waals surface area contributed by atoms with Gasteiger partial charge in [0, 0.05) is 24.5 Å². The maximum atomic E-state index is 12.4. The van der Waals surface area contributed by atoms with Gasteiger partial charge < -0.3 is 9.47 Å². The van der Waals surface area contributed by atoms with Gasteiger partial charge in [0.1, 0.15) is 11.4 Å². The summed E-state index contributed by atoms with van der Waals surface area (Å²) < 4.78 is 10.0. The highest BCUT2D eigenvalue weighted by molar-refractivity contribution is 6.01. The molecule has 0 radical (unpaired) electrons. The van der Waals surface area contributed by atoms with E-state index in [0.29, 0.717) is 11.8 Å². The average Bonchev–Trinajstić information content (AvgIpc) is 2.60. The zero-order valence-electron chi connectivity index (χ0n) is 13.3. The maximum Gasteiger partial charge on any atom is 0.213 e. The molecule has 1 atom stereocenters. The molecule has 0 aliphatic heterocycles. The fourth-order valence-corrected chi connectivity index (χ4v) is 2.08. The van der Waals surface area contributed by atoms with Gasteiger partial charge in [0.2, 0.25) is 11.8 Å². The van der Waals surface area contributed by atoms with Gasteiger partial charge in [-0.15, -0.1) is 0 Å². The molecule has 0 fully saturated rings. The summed E-state index contributed by atoms with van der Waals surface area (Å²) in [5, 5.41) is 0. The summed E-state index contributed by atoms with van der Waals surface area (Å²) in [4.78, 5) is 32.8. The summed E-state index contributed by atoms with van der Waals surface area (Å²) >= 11 is 0. The topological polar surface area (TPSA) is 78.4 Å². The number of Topliss-reactive ketones (excluding diaryl/α,β-unsaturated/α-hetero) is 2. The number of rotatable bonds is 7. The minimum atomic E-state index is -0.505. The van der Waals surface area contributed by atoms with E-state index in [2.05, 4.69) is 9.97 Å². The van der Waals surface area contributed by atoms with Crippen LogP contribution in [0, 0.1) is 5.92 Å². The molecule has 1 unspecified atom stereocenters. The Balaban J connectivity index is 2.09. The molecule has 2 heterocycles. The predicted molar refractivity (Wildman–Crippen MR) is 84.0 cm³/mol. The van der Waals surface area contributed by atoms with Crippen molar-refractivity contribution in [2.45, 2.75) is 13.3 Å². The third-order valence-corrected chi connectivity index (χ3v) is 3.34. The monoisotopic (exact) mass is 314 g/mol. The summed E-state index contributed by atoms with van der Waals surface area (Å²) in [5.41, 5.74) is 0.561. The van der Waals surface area contributed by atoms with Crippen LogP contribution in [0.2, 0.25) is 0 Å². The largest absolute Gasteiger partial charge is 0.481 e.